The number of carbonyl (C=O) groups is 3. The number of carbonyl (C=O) groups excluding carboxylic acids is 2. The minimum atomic E-state index is -0.938. The quantitative estimate of drug-likeness (QED) is 0.711. The molecule has 2 amide bonds. The van der Waals surface area contributed by atoms with Gasteiger partial charge in [-0.25, -0.2) is 0 Å². The van der Waals surface area contributed by atoms with Gasteiger partial charge in [-0.3, -0.25) is 14.4 Å². The fourth-order valence-corrected chi connectivity index (χ4v) is 3.28. The van der Waals surface area contributed by atoms with Gasteiger partial charge in [-0.1, -0.05) is 31.4 Å². The maximum absolute atomic E-state index is 12.6. The molecule has 1 aromatic carbocycles. The van der Waals surface area contributed by atoms with Crippen LogP contribution in [0.25, 0.3) is 0 Å². The average Bonchev–Trinajstić information content (AvgIpc) is 2.58. The summed E-state index contributed by atoms with van der Waals surface area (Å²) in [6.07, 6.45) is 3.86. The van der Waals surface area contributed by atoms with Gasteiger partial charge in [0, 0.05) is 12.1 Å². The zero-order valence-electron chi connectivity index (χ0n) is 14.2. The summed E-state index contributed by atoms with van der Waals surface area (Å²) in [6.45, 7) is 1.91. The molecule has 0 aromatic heterocycles. The van der Waals surface area contributed by atoms with Crippen molar-refractivity contribution in [3.05, 3.63) is 23.2 Å². The van der Waals surface area contributed by atoms with Gasteiger partial charge in [-0.05, 0) is 37.5 Å². The third-order valence-electron chi connectivity index (χ3n) is 4.40. The first-order valence-electron chi connectivity index (χ1n) is 8.55. The van der Waals surface area contributed by atoms with Crippen molar-refractivity contribution in [2.24, 2.45) is 11.8 Å². The molecule has 7 heteroatoms. The van der Waals surface area contributed by atoms with Crippen LogP contribution in [0.2, 0.25) is 5.02 Å². The van der Waals surface area contributed by atoms with E-state index in [-0.39, 0.29) is 11.8 Å². The van der Waals surface area contributed by atoms with Crippen LogP contribution in [0.4, 0.5) is 11.4 Å². The summed E-state index contributed by atoms with van der Waals surface area (Å²) in [5, 5.41) is 15.1. The third kappa shape index (κ3) is 5.19. The van der Waals surface area contributed by atoms with Crippen LogP contribution in [0.3, 0.4) is 0 Å². The lowest BCUT2D eigenvalue weighted by molar-refractivity contribution is -0.147. The van der Waals surface area contributed by atoms with Crippen LogP contribution < -0.4 is 10.6 Å². The second-order valence-corrected chi connectivity index (χ2v) is 6.72. The minimum Gasteiger partial charge on any atom is -0.481 e. The van der Waals surface area contributed by atoms with E-state index in [1.165, 1.54) is 0 Å². The average molecular weight is 367 g/mol. The molecule has 0 bridgehead atoms. The van der Waals surface area contributed by atoms with Crippen LogP contribution in [0, 0.1) is 11.8 Å². The first-order chi connectivity index (χ1) is 11.9. The molecule has 25 heavy (non-hydrogen) atoms. The molecule has 3 N–H and O–H groups in total. The number of benzene rings is 1. The zero-order chi connectivity index (χ0) is 18.4. The molecule has 1 aliphatic rings. The molecule has 136 valence electrons. The Balaban J connectivity index is 2.11. The molecular formula is C18H23ClN2O4. The molecule has 0 radical (unpaired) electrons. The molecule has 1 aromatic rings. The van der Waals surface area contributed by atoms with Gasteiger partial charge in [0.05, 0.1) is 22.5 Å². The Hall–Kier alpha value is -2.08. The van der Waals surface area contributed by atoms with Crippen LogP contribution in [0.1, 0.15) is 45.4 Å². The summed E-state index contributed by atoms with van der Waals surface area (Å²) in [5.41, 5.74) is 0.909. The molecule has 2 atom stereocenters. The number of hydrogen-bond donors (Lipinski definition) is 3. The van der Waals surface area contributed by atoms with Crippen molar-refractivity contribution >= 4 is 40.8 Å². The highest BCUT2D eigenvalue weighted by Gasteiger charge is 2.35. The predicted octanol–water partition coefficient (Wildman–Crippen LogP) is 3.91. The number of halogens is 1. The van der Waals surface area contributed by atoms with Crippen molar-refractivity contribution in [1.29, 1.82) is 0 Å². The first-order valence-corrected chi connectivity index (χ1v) is 8.93. The summed E-state index contributed by atoms with van der Waals surface area (Å²) < 4.78 is 0. The van der Waals surface area contributed by atoms with Gasteiger partial charge >= 0.3 is 5.97 Å². The molecule has 6 nitrogen and oxygen atoms in total. The van der Waals surface area contributed by atoms with Gasteiger partial charge in [0.15, 0.2) is 0 Å². The summed E-state index contributed by atoms with van der Waals surface area (Å²) in [5.74, 6) is -2.63. The van der Waals surface area contributed by atoms with E-state index < -0.39 is 17.8 Å². The molecule has 2 rings (SSSR count). The van der Waals surface area contributed by atoms with Gasteiger partial charge in [0.2, 0.25) is 11.8 Å². The van der Waals surface area contributed by atoms with Crippen LogP contribution in [0.15, 0.2) is 18.2 Å². The molecule has 1 saturated carbocycles. The Bertz CT molecular complexity index is 662. The molecule has 0 saturated heterocycles. The molecule has 1 fully saturated rings. The van der Waals surface area contributed by atoms with Crippen LogP contribution in [-0.2, 0) is 14.4 Å². The van der Waals surface area contributed by atoms with Crippen LogP contribution in [-0.4, -0.2) is 22.9 Å². The van der Waals surface area contributed by atoms with Crippen LogP contribution in [0.5, 0.6) is 0 Å². The Labute approximate surface area is 151 Å². The Kier molecular flexibility index (Phi) is 6.82. The normalized spacial score (nSPS) is 19.9. The summed E-state index contributed by atoms with van der Waals surface area (Å²) in [7, 11) is 0. The van der Waals surface area contributed by atoms with E-state index in [9.17, 15) is 19.5 Å². The topological polar surface area (TPSA) is 95.5 Å². The number of nitrogens with one attached hydrogen (secondary N) is 2. The molecule has 0 spiro atoms. The second kappa shape index (κ2) is 8.85. The maximum atomic E-state index is 12.6. The first kappa shape index (κ1) is 19.2. The maximum Gasteiger partial charge on any atom is 0.307 e. The van der Waals surface area contributed by atoms with Crippen LogP contribution >= 0.6 is 11.6 Å². The lowest BCUT2D eigenvalue weighted by Crippen LogP contribution is -2.36. The van der Waals surface area contributed by atoms with Gasteiger partial charge < -0.3 is 15.7 Å². The predicted molar refractivity (Wildman–Crippen MR) is 96.7 cm³/mol. The van der Waals surface area contributed by atoms with E-state index in [4.69, 9.17) is 11.6 Å². The number of carboxylic acids is 1. The third-order valence-corrected chi connectivity index (χ3v) is 4.73. The lowest BCUT2D eigenvalue weighted by atomic mass is 9.78. The van der Waals surface area contributed by atoms with Crippen molar-refractivity contribution in [3.8, 4) is 0 Å². The molecule has 0 unspecified atom stereocenters. The summed E-state index contributed by atoms with van der Waals surface area (Å²) in [4.78, 5) is 35.6. The van der Waals surface area contributed by atoms with Gasteiger partial charge in [-0.15, -0.1) is 0 Å². The number of aliphatic carboxylic acids is 1. The van der Waals surface area contributed by atoms with E-state index in [1.54, 1.807) is 18.2 Å². The Morgan fingerprint density at radius 2 is 1.84 bits per heavy atom. The highest BCUT2D eigenvalue weighted by Crippen LogP contribution is 2.33. The second-order valence-electron chi connectivity index (χ2n) is 6.32. The standard InChI is InChI=1S/C18H23ClN2O4/c1-2-5-16(22)20-11-8-9-14(19)15(10-11)21-17(23)12-6-3-4-7-13(12)18(24)25/h8-10,12-13H,2-7H2,1H3,(H,20,22)(H,21,23)(H,24,25)/t12-,13+/m1/s1. The number of amides is 2. The SMILES string of the molecule is CCCC(=O)Nc1ccc(Cl)c(NC(=O)[C@@H]2CCCC[C@@H]2C(=O)O)c1. The molecule has 1 aliphatic carbocycles. The zero-order valence-corrected chi connectivity index (χ0v) is 14.9. The highest BCUT2D eigenvalue weighted by atomic mass is 35.5. The van der Waals surface area contributed by atoms with Crippen molar-refractivity contribution in [1.82, 2.24) is 0 Å². The number of anilines is 2. The summed E-state index contributed by atoms with van der Waals surface area (Å²) in [6, 6.07) is 4.84. The van der Waals surface area contributed by atoms with Crippen molar-refractivity contribution in [2.75, 3.05) is 10.6 Å². The fourth-order valence-electron chi connectivity index (χ4n) is 3.12. The molecular weight excluding hydrogens is 344 g/mol. The minimum absolute atomic E-state index is 0.111. The van der Waals surface area contributed by atoms with Gasteiger partial charge in [0.1, 0.15) is 0 Å². The van der Waals surface area contributed by atoms with E-state index in [0.717, 1.165) is 19.3 Å². The number of hydrogen-bond acceptors (Lipinski definition) is 3. The van der Waals surface area contributed by atoms with Crippen molar-refractivity contribution in [3.63, 3.8) is 0 Å². The van der Waals surface area contributed by atoms with Gasteiger partial charge in [0.25, 0.3) is 0 Å². The molecule has 0 heterocycles. The Morgan fingerprint density at radius 1 is 1.16 bits per heavy atom. The molecule has 0 aliphatic heterocycles. The monoisotopic (exact) mass is 366 g/mol. The van der Waals surface area contributed by atoms with E-state index in [0.29, 0.717) is 35.7 Å². The smallest absolute Gasteiger partial charge is 0.307 e. The van der Waals surface area contributed by atoms with E-state index >= 15 is 0 Å². The number of rotatable bonds is 6. The van der Waals surface area contributed by atoms with E-state index in [2.05, 4.69) is 10.6 Å². The van der Waals surface area contributed by atoms with Crippen molar-refractivity contribution < 1.29 is 19.5 Å². The lowest BCUT2D eigenvalue weighted by Gasteiger charge is -2.27. The van der Waals surface area contributed by atoms with E-state index in [1.807, 2.05) is 6.92 Å². The largest absolute Gasteiger partial charge is 0.481 e. The number of carboxylic acid groups (broad SMARTS) is 1. The fraction of sp³-hybridized carbons (Fsp3) is 0.500. The van der Waals surface area contributed by atoms with Crippen molar-refractivity contribution in [2.45, 2.75) is 45.4 Å². The summed E-state index contributed by atoms with van der Waals surface area (Å²) >= 11 is 6.13. The Morgan fingerprint density at radius 3 is 2.48 bits per heavy atom. The van der Waals surface area contributed by atoms with Gasteiger partial charge in [-0.2, -0.15) is 0 Å². The highest BCUT2D eigenvalue weighted by molar-refractivity contribution is 6.33.